The minimum absolute atomic E-state index is 0. The molecule has 1 aliphatic rings. The van der Waals surface area contributed by atoms with Gasteiger partial charge in [0.25, 0.3) is 0 Å². The van der Waals surface area contributed by atoms with E-state index in [1.165, 1.54) is 10.4 Å². The number of nitrogens with zero attached hydrogens (tertiary/aromatic N) is 1. The van der Waals surface area contributed by atoms with Crippen LogP contribution in [0, 0.1) is 6.92 Å². The fraction of sp³-hybridized carbons (Fsp3) is 0.286. The number of benzene rings is 1. The minimum atomic E-state index is -0.821. The highest BCUT2D eigenvalue weighted by molar-refractivity contribution is 7.11. The normalized spacial score (nSPS) is 15.1. The van der Waals surface area contributed by atoms with Gasteiger partial charge in [-0.15, -0.1) is 23.7 Å². The molecule has 0 aliphatic carbocycles. The first-order chi connectivity index (χ1) is 13.0. The molecule has 7 heteroatoms. The van der Waals surface area contributed by atoms with Crippen LogP contribution in [0.15, 0.2) is 47.4 Å². The van der Waals surface area contributed by atoms with Crippen LogP contribution in [0.5, 0.6) is 0 Å². The summed E-state index contributed by atoms with van der Waals surface area (Å²) in [5.74, 6) is -0.821. The summed E-state index contributed by atoms with van der Waals surface area (Å²) in [5, 5.41) is 12.5. The average molecular weight is 459 g/mol. The second-order valence-electron chi connectivity index (χ2n) is 6.56. The van der Waals surface area contributed by atoms with E-state index in [9.17, 15) is 9.90 Å². The van der Waals surface area contributed by atoms with Crippen molar-refractivity contribution in [1.82, 2.24) is 4.90 Å². The van der Waals surface area contributed by atoms with Crippen molar-refractivity contribution >= 4 is 58.5 Å². The van der Waals surface area contributed by atoms with Gasteiger partial charge in [-0.25, -0.2) is 4.79 Å². The van der Waals surface area contributed by atoms with Crippen molar-refractivity contribution in [1.29, 1.82) is 0 Å². The molecule has 0 spiro atoms. The van der Waals surface area contributed by atoms with Crippen molar-refractivity contribution in [2.24, 2.45) is 0 Å². The largest absolute Gasteiger partial charge is 0.478 e. The van der Waals surface area contributed by atoms with Gasteiger partial charge in [0, 0.05) is 45.7 Å². The molecule has 2 heterocycles. The molecule has 150 valence electrons. The van der Waals surface area contributed by atoms with Gasteiger partial charge in [-0.1, -0.05) is 41.4 Å². The lowest BCUT2D eigenvalue weighted by atomic mass is 10.0. The van der Waals surface area contributed by atoms with Crippen LogP contribution in [0.4, 0.5) is 0 Å². The Morgan fingerprint density at radius 3 is 2.75 bits per heavy atom. The number of thiophene rings is 1. The van der Waals surface area contributed by atoms with Crippen molar-refractivity contribution in [2.45, 2.75) is 19.8 Å². The monoisotopic (exact) mass is 457 g/mol. The first kappa shape index (κ1) is 23.0. The first-order valence-electron chi connectivity index (χ1n) is 8.80. The maximum absolute atomic E-state index is 11.2. The van der Waals surface area contributed by atoms with E-state index in [1.54, 1.807) is 17.4 Å². The molecular weight excluding hydrogens is 437 g/mol. The number of aryl methyl sites for hydroxylation is 1. The Bertz CT molecular complexity index is 905. The zero-order chi connectivity index (χ0) is 19.4. The van der Waals surface area contributed by atoms with Crippen LogP contribution >= 0.6 is 46.9 Å². The van der Waals surface area contributed by atoms with Gasteiger partial charge in [0.1, 0.15) is 0 Å². The summed E-state index contributed by atoms with van der Waals surface area (Å²) in [5.41, 5.74) is 3.78. The molecule has 0 amide bonds. The molecule has 0 unspecified atom stereocenters. The van der Waals surface area contributed by atoms with E-state index < -0.39 is 5.97 Å². The lowest BCUT2D eigenvalue weighted by Crippen LogP contribution is -2.32. The van der Waals surface area contributed by atoms with E-state index in [0.717, 1.165) is 37.1 Å². The molecule has 1 aromatic carbocycles. The number of hydrogen-bond donors (Lipinski definition) is 1. The number of aliphatic carboxylic acids is 1. The van der Waals surface area contributed by atoms with E-state index in [2.05, 4.69) is 29.3 Å². The standard InChI is InChI=1S/C21H21Cl2NO2S.ClH/c1-14-8-11-27-20(14)18(17-7-6-16(22)12-19(17)23)5-3-10-24-9-2-4-15(13-24)21(25)26;/h4-8,11-12H,2-3,9-10,13H2,1H3,(H,25,26);1H/b18-5-;. The molecular formula is C21H22Cl3NO2S. The summed E-state index contributed by atoms with van der Waals surface area (Å²) in [4.78, 5) is 14.6. The molecule has 2 aromatic rings. The van der Waals surface area contributed by atoms with Gasteiger partial charge in [-0.3, -0.25) is 4.90 Å². The summed E-state index contributed by atoms with van der Waals surface area (Å²) < 4.78 is 0. The van der Waals surface area contributed by atoms with Crippen LogP contribution in [0.25, 0.3) is 5.57 Å². The predicted octanol–water partition coefficient (Wildman–Crippen LogP) is 6.32. The summed E-state index contributed by atoms with van der Waals surface area (Å²) in [6.07, 6.45) is 5.62. The lowest BCUT2D eigenvalue weighted by molar-refractivity contribution is -0.133. The molecule has 28 heavy (non-hydrogen) atoms. The van der Waals surface area contributed by atoms with Crippen molar-refractivity contribution < 1.29 is 9.90 Å². The minimum Gasteiger partial charge on any atom is -0.478 e. The second kappa shape index (κ2) is 10.5. The summed E-state index contributed by atoms with van der Waals surface area (Å²) >= 11 is 14.2. The SMILES string of the molecule is Cc1ccsc1/C(=C\CCN1CCC=C(C(=O)O)C1)c1ccc(Cl)cc1Cl.Cl. The Kier molecular flexibility index (Phi) is 8.59. The van der Waals surface area contributed by atoms with E-state index in [1.807, 2.05) is 18.2 Å². The Morgan fingerprint density at radius 2 is 2.11 bits per heavy atom. The molecule has 0 saturated heterocycles. The van der Waals surface area contributed by atoms with E-state index >= 15 is 0 Å². The molecule has 3 rings (SSSR count). The summed E-state index contributed by atoms with van der Waals surface area (Å²) in [7, 11) is 0. The van der Waals surface area contributed by atoms with Gasteiger partial charge < -0.3 is 5.11 Å². The van der Waals surface area contributed by atoms with Crippen molar-refractivity contribution in [3.8, 4) is 0 Å². The smallest absolute Gasteiger partial charge is 0.332 e. The van der Waals surface area contributed by atoms with Crippen LogP contribution in [-0.4, -0.2) is 35.6 Å². The second-order valence-corrected chi connectivity index (χ2v) is 8.32. The summed E-state index contributed by atoms with van der Waals surface area (Å²) in [6.45, 7) is 4.29. The van der Waals surface area contributed by atoms with Crippen LogP contribution in [0.2, 0.25) is 10.0 Å². The van der Waals surface area contributed by atoms with Crippen LogP contribution < -0.4 is 0 Å². The third kappa shape index (κ3) is 5.62. The van der Waals surface area contributed by atoms with Crippen LogP contribution in [0.3, 0.4) is 0 Å². The van der Waals surface area contributed by atoms with Crippen molar-refractivity contribution in [3.63, 3.8) is 0 Å². The van der Waals surface area contributed by atoms with Gasteiger partial charge in [-0.2, -0.15) is 0 Å². The number of carboxylic acids is 1. The number of halogens is 3. The Balaban J connectivity index is 0.00000280. The van der Waals surface area contributed by atoms with Gasteiger partial charge in [-0.05, 0) is 54.5 Å². The van der Waals surface area contributed by atoms with Gasteiger partial charge in [0.2, 0.25) is 0 Å². The predicted molar refractivity (Wildman–Crippen MR) is 121 cm³/mol. The maximum Gasteiger partial charge on any atom is 0.332 e. The highest BCUT2D eigenvalue weighted by atomic mass is 35.5. The molecule has 0 radical (unpaired) electrons. The van der Waals surface area contributed by atoms with E-state index in [0.29, 0.717) is 22.2 Å². The molecule has 0 fully saturated rings. The Morgan fingerprint density at radius 1 is 1.32 bits per heavy atom. The van der Waals surface area contributed by atoms with Crippen molar-refractivity contribution in [3.05, 3.63) is 73.4 Å². The van der Waals surface area contributed by atoms with Gasteiger partial charge in [0.15, 0.2) is 0 Å². The highest BCUT2D eigenvalue weighted by Gasteiger charge is 2.17. The number of hydrogen-bond acceptors (Lipinski definition) is 3. The van der Waals surface area contributed by atoms with Crippen LogP contribution in [-0.2, 0) is 4.79 Å². The van der Waals surface area contributed by atoms with E-state index in [-0.39, 0.29) is 12.4 Å². The molecule has 3 nitrogen and oxygen atoms in total. The molecule has 0 atom stereocenters. The van der Waals surface area contributed by atoms with Gasteiger partial charge in [0.05, 0.1) is 0 Å². The maximum atomic E-state index is 11.2. The number of rotatable bonds is 6. The molecule has 1 aromatic heterocycles. The fourth-order valence-corrected chi connectivity index (χ4v) is 4.72. The molecule has 1 aliphatic heterocycles. The van der Waals surface area contributed by atoms with Crippen LogP contribution in [0.1, 0.15) is 28.8 Å². The quantitative estimate of drug-likeness (QED) is 0.550. The number of carboxylic acid groups (broad SMARTS) is 1. The zero-order valence-corrected chi connectivity index (χ0v) is 18.6. The zero-order valence-electron chi connectivity index (χ0n) is 15.5. The molecule has 0 saturated carbocycles. The lowest BCUT2D eigenvalue weighted by Gasteiger charge is -2.25. The van der Waals surface area contributed by atoms with E-state index in [4.69, 9.17) is 23.2 Å². The Labute approximate surface area is 185 Å². The summed E-state index contributed by atoms with van der Waals surface area (Å²) in [6, 6.07) is 7.69. The highest BCUT2D eigenvalue weighted by Crippen LogP contribution is 2.35. The number of carbonyl (C=O) groups is 1. The third-order valence-electron chi connectivity index (χ3n) is 4.63. The van der Waals surface area contributed by atoms with Crippen molar-refractivity contribution in [2.75, 3.05) is 19.6 Å². The average Bonchev–Trinajstić information content (AvgIpc) is 3.05. The van der Waals surface area contributed by atoms with Gasteiger partial charge >= 0.3 is 5.97 Å². The molecule has 1 N–H and O–H groups in total. The topological polar surface area (TPSA) is 40.5 Å². The molecule has 0 bridgehead atoms. The Hall–Kier alpha value is -1.30. The third-order valence-corrected chi connectivity index (χ3v) is 6.22. The fourth-order valence-electron chi connectivity index (χ4n) is 3.22. The first-order valence-corrected chi connectivity index (χ1v) is 10.4.